The van der Waals surface area contributed by atoms with Crippen LogP contribution < -0.4 is 16.2 Å². The van der Waals surface area contributed by atoms with E-state index < -0.39 is 12.2 Å². The summed E-state index contributed by atoms with van der Waals surface area (Å²) in [6, 6.07) is 31.6. The Morgan fingerprint density at radius 1 is 0.847 bits per heavy atom. The van der Waals surface area contributed by atoms with E-state index in [1.54, 1.807) is 17.0 Å². The van der Waals surface area contributed by atoms with E-state index in [9.17, 15) is 29.4 Å². The standard InChI is InChI=1S/C47H55N5O7/c1-51(45(57)28-32-52-30-26-36(27-31-52)59-47(58)49-40-15-7-6-14-37(40)34-12-3-2-4-13-34)29-10-9-17-43(55)48-35-20-18-33(19-21-35)11-5-8-16-41(53)38-22-24-42(54)46-39(38)23-25-44(56)50-46/h2-4,6-7,12-15,18-25,36,41,53-54H,5,8-11,16-17,26-32H2,1H3,(H,48,55)(H,49,58)(H,50,56)/t41-/m0/s1. The lowest BCUT2D eigenvalue weighted by molar-refractivity contribution is -0.130. The largest absolute Gasteiger partial charge is 0.506 e. The first kappa shape index (κ1) is 42.6. The van der Waals surface area contributed by atoms with E-state index in [-0.39, 0.29) is 29.2 Å². The first-order chi connectivity index (χ1) is 28.6. The van der Waals surface area contributed by atoms with E-state index in [1.807, 2.05) is 85.9 Å². The Hall–Kier alpha value is -5.98. The SMILES string of the molecule is CN(CCCCC(=O)Nc1ccc(CCCC[C@H](O)c2ccc(O)c3[nH]c(=O)ccc23)cc1)C(=O)CCN1CCC(OC(=O)Nc2ccccc2-c2ccccc2)CC1. The van der Waals surface area contributed by atoms with Gasteiger partial charge >= 0.3 is 6.09 Å². The van der Waals surface area contributed by atoms with Gasteiger partial charge < -0.3 is 35.1 Å². The van der Waals surface area contributed by atoms with Gasteiger partial charge in [0.2, 0.25) is 17.4 Å². The van der Waals surface area contributed by atoms with E-state index in [0.29, 0.717) is 73.8 Å². The third kappa shape index (κ3) is 12.5. The zero-order valence-corrected chi connectivity index (χ0v) is 33.7. The Labute approximate surface area is 345 Å². The molecule has 1 aromatic heterocycles. The number of carbonyl (C=O) groups excluding carboxylic acids is 3. The number of H-pyrrole nitrogens is 1. The first-order valence-corrected chi connectivity index (χ1v) is 20.6. The number of benzene rings is 4. The number of carbonyl (C=O) groups is 3. The predicted octanol–water partition coefficient (Wildman–Crippen LogP) is 8.02. The van der Waals surface area contributed by atoms with Gasteiger partial charge in [-0.3, -0.25) is 19.7 Å². The van der Waals surface area contributed by atoms with Crippen molar-refractivity contribution in [3.8, 4) is 16.9 Å². The minimum absolute atomic E-state index is 0.0273. The summed E-state index contributed by atoms with van der Waals surface area (Å²) in [5.41, 5.74) is 5.23. The fourth-order valence-electron chi connectivity index (χ4n) is 7.56. The van der Waals surface area contributed by atoms with Gasteiger partial charge in [0.05, 0.1) is 17.3 Å². The highest BCUT2D eigenvalue weighted by Crippen LogP contribution is 2.31. The second-order valence-corrected chi connectivity index (χ2v) is 15.3. The molecule has 1 saturated heterocycles. The molecule has 5 aromatic rings. The van der Waals surface area contributed by atoms with Crippen molar-refractivity contribution in [2.24, 2.45) is 0 Å². The van der Waals surface area contributed by atoms with Crippen LogP contribution in [0.3, 0.4) is 0 Å². The zero-order chi connectivity index (χ0) is 41.6. The van der Waals surface area contributed by atoms with E-state index in [0.717, 1.165) is 61.2 Å². The number of aromatic amines is 1. The maximum absolute atomic E-state index is 12.8. The average molecular weight is 802 g/mol. The van der Waals surface area contributed by atoms with Gasteiger partial charge in [0.25, 0.3) is 0 Å². The van der Waals surface area contributed by atoms with Crippen LogP contribution in [0.5, 0.6) is 5.75 Å². The van der Waals surface area contributed by atoms with Crippen LogP contribution in [0.2, 0.25) is 0 Å². The summed E-state index contributed by atoms with van der Waals surface area (Å²) in [5, 5.41) is 27.4. The molecule has 59 heavy (non-hydrogen) atoms. The predicted molar refractivity (Wildman–Crippen MR) is 231 cm³/mol. The molecule has 0 aliphatic carbocycles. The molecule has 0 spiro atoms. The molecular formula is C47H55N5O7. The number of ether oxygens (including phenoxy) is 1. The van der Waals surface area contributed by atoms with Crippen LogP contribution >= 0.6 is 0 Å². The number of pyridine rings is 1. The van der Waals surface area contributed by atoms with Gasteiger partial charge in [0.1, 0.15) is 11.9 Å². The zero-order valence-electron chi connectivity index (χ0n) is 33.7. The lowest BCUT2D eigenvalue weighted by atomic mass is 9.97. The summed E-state index contributed by atoms with van der Waals surface area (Å²) >= 11 is 0. The smallest absolute Gasteiger partial charge is 0.411 e. The minimum Gasteiger partial charge on any atom is -0.506 e. The molecule has 0 saturated carbocycles. The number of aliphatic hydroxyl groups is 1. The molecule has 12 heteroatoms. The van der Waals surface area contributed by atoms with Crippen molar-refractivity contribution in [1.82, 2.24) is 14.8 Å². The number of aryl methyl sites for hydroxylation is 1. The molecule has 310 valence electrons. The quantitative estimate of drug-likeness (QED) is 0.0557. The molecule has 1 atom stereocenters. The lowest BCUT2D eigenvalue weighted by Gasteiger charge is -2.31. The number of nitrogens with zero attached hydrogens (tertiary/aromatic N) is 2. The monoisotopic (exact) mass is 801 g/mol. The summed E-state index contributed by atoms with van der Waals surface area (Å²) in [6.07, 6.45) is 5.29. The molecule has 1 aliphatic rings. The molecule has 0 unspecified atom stereocenters. The molecule has 0 bridgehead atoms. The number of aliphatic hydroxyl groups excluding tert-OH is 1. The summed E-state index contributed by atoms with van der Waals surface area (Å²) < 4.78 is 5.76. The number of para-hydroxylation sites is 1. The van der Waals surface area contributed by atoms with Gasteiger partial charge in [0.15, 0.2) is 0 Å². The molecule has 2 heterocycles. The van der Waals surface area contributed by atoms with Crippen LogP contribution in [-0.2, 0) is 20.7 Å². The maximum Gasteiger partial charge on any atom is 0.411 e. The number of anilines is 2. The Balaban J connectivity index is 0.803. The van der Waals surface area contributed by atoms with Crippen molar-refractivity contribution in [3.05, 3.63) is 125 Å². The van der Waals surface area contributed by atoms with Crippen LogP contribution in [-0.4, -0.2) is 82.2 Å². The van der Waals surface area contributed by atoms with Crippen molar-refractivity contribution < 1.29 is 29.3 Å². The van der Waals surface area contributed by atoms with Crippen molar-refractivity contribution >= 4 is 40.2 Å². The number of unbranched alkanes of at least 4 members (excludes halogenated alkanes) is 2. The number of aromatic hydroxyl groups is 1. The number of amides is 3. The van der Waals surface area contributed by atoms with Crippen LogP contribution in [0, 0.1) is 0 Å². The number of fused-ring (bicyclic) bond motifs is 1. The third-order valence-electron chi connectivity index (χ3n) is 11.0. The molecule has 1 fully saturated rings. The number of hydrogen-bond acceptors (Lipinski definition) is 8. The second kappa shape index (κ2) is 21.1. The summed E-state index contributed by atoms with van der Waals surface area (Å²) in [4.78, 5) is 56.5. The lowest BCUT2D eigenvalue weighted by Crippen LogP contribution is -2.40. The van der Waals surface area contributed by atoms with E-state index >= 15 is 0 Å². The summed E-state index contributed by atoms with van der Waals surface area (Å²) in [5.74, 6) is -0.0148. The van der Waals surface area contributed by atoms with Crippen LogP contribution in [0.1, 0.15) is 75.0 Å². The number of hydrogen-bond donors (Lipinski definition) is 5. The summed E-state index contributed by atoms with van der Waals surface area (Å²) in [6.45, 7) is 2.75. The topological polar surface area (TPSA) is 164 Å². The Morgan fingerprint density at radius 3 is 2.37 bits per heavy atom. The third-order valence-corrected chi connectivity index (χ3v) is 11.0. The molecule has 0 radical (unpaired) electrons. The van der Waals surface area contributed by atoms with Gasteiger partial charge in [-0.25, -0.2) is 4.79 Å². The van der Waals surface area contributed by atoms with Crippen molar-refractivity contribution in [2.75, 3.05) is 43.9 Å². The molecule has 6 rings (SSSR count). The molecule has 3 amide bonds. The van der Waals surface area contributed by atoms with Gasteiger partial charge in [-0.05, 0) is 92.0 Å². The van der Waals surface area contributed by atoms with Crippen LogP contribution in [0.4, 0.5) is 16.2 Å². The highest BCUT2D eigenvalue weighted by Gasteiger charge is 2.24. The van der Waals surface area contributed by atoms with E-state index in [1.165, 1.54) is 12.1 Å². The Kier molecular flexibility index (Phi) is 15.3. The van der Waals surface area contributed by atoms with E-state index in [2.05, 4.69) is 20.5 Å². The normalized spacial score (nSPS) is 13.8. The fraction of sp³-hybridized carbons (Fsp3) is 0.362. The highest BCUT2D eigenvalue weighted by atomic mass is 16.6. The van der Waals surface area contributed by atoms with Crippen LogP contribution in [0.25, 0.3) is 22.0 Å². The summed E-state index contributed by atoms with van der Waals surface area (Å²) in [7, 11) is 1.81. The fourth-order valence-corrected chi connectivity index (χ4v) is 7.56. The number of phenols is 1. The number of phenolic OH excluding ortho intramolecular Hbond substituents is 1. The minimum atomic E-state index is -0.719. The number of likely N-dealkylation sites (tertiary alicyclic amines) is 1. The Morgan fingerprint density at radius 2 is 1.59 bits per heavy atom. The van der Waals surface area contributed by atoms with E-state index in [4.69, 9.17) is 4.74 Å². The number of aromatic nitrogens is 1. The van der Waals surface area contributed by atoms with Gasteiger partial charge in [-0.15, -0.1) is 0 Å². The van der Waals surface area contributed by atoms with Crippen molar-refractivity contribution in [2.45, 2.75) is 76.4 Å². The first-order valence-electron chi connectivity index (χ1n) is 20.6. The molecule has 5 N–H and O–H groups in total. The Bertz CT molecular complexity index is 2220. The number of piperidine rings is 1. The molecule has 1 aliphatic heterocycles. The van der Waals surface area contributed by atoms with Crippen molar-refractivity contribution in [1.29, 1.82) is 0 Å². The highest BCUT2D eigenvalue weighted by molar-refractivity contribution is 5.92. The van der Waals surface area contributed by atoms with Gasteiger partial charge in [-0.1, -0.05) is 73.2 Å². The number of rotatable bonds is 18. The second-order valence-electron chi connectivity index (χ2n) is 15.3. The molecule has 12 nitrogen and oxygen atoms in total. The number of nitrogens with one attached hydrogen (secondary N) is 3. The van der Waals surface area contributed by atoms with Gasteiger partial charge in [-0.2, -0.15) is 0 Å². The van der Waals surface area contributed by atoms with Gasteiger partial charge in [0, 0.05) is 68.8 Å². The van der Waals surface area contributed by atoms with Crippen molar-refractivity contribution in [3.63, 3.8) is 0 Å². The maximum atomic E-state index is 12.8. The molecular weight excluding hydrogens is 747 g/mol. The molecule has 4 aromatic carbocycles. The van der Waals surface area contributed by atoms with Crippen LogP contribution in [0.15, 0.2) is 108 Å². The average Bonchev–Trinajstić information content (AvgIpc) is 3.24.